The van der Waals surface area contributed by atoms with Gasteiger partial charge in [-0.05, 0) is 168 Å². The van der Waals surface area contributed by atoms with Crippen LogP contribution in [0.3, 0.4) is 0 Å². The van der Waals surface area contributed by atoms with Crippen LogP contribution in [0.2, 0.25) is 0 Å². The molecule has 1 atom stereocenters. The Hall–Kier alpha value is -8.20. The first-order chi connectivity index (χ1) is 34.4. The smallest absolute Gasteiger partial charge is 0.0723 e. The van der Waals surface area contributed by atoms with Crippen molar-refractivity contribution in [3.05, 3.63) is 279 Å². The Morgan fingerprint density at radius 1 is 0.400 bits per heavy atom. The minimum atomic E-state index is -0.428. The molecule has 332 valence electrons. The maximum absolute atomic E-state index is 2.54. The number of para-hydroxylation sites is 4. The second-order valence-corrected chi connectivity index (χ2v) is 20.7. The van der Waals surface area contributed by atoms with Crippen LogP contribution in [0.25, 0.3) is 40.0 Å². The number of hydrogen-bond donors (Lipinski definition) is 0. The predicted molar refractivity (Wildman–Crippen MR) is 291 cm³/mol. The quantitative estimate of drug-likeness (QED) is 0.162. The van der Waals surface area contributed by atoms with Crippen LogP contribution < -0.4 is 9.80 Å². The molecule has 9 aromatic rings. The Bertz CT molecular complexity index is 3750. The van der Waals surface area contributed by atoms with E-state index in [1.165, 1.54) is 134 Å². The van der Waals surface area contributed by atoms with Crippen LogP contribution in [0.1, 0.15) is 93.5 Å². The summed E-state index contributed by atoms with van der Waals surface area (Å²) < 4.78 is 0. The highest BCUT2D eigenvalue weighted by molar-refractivity contribution is 5.98. The first kappa shape index (κ1) is 39.8. The van der Waals surface area contributed by atoms with E-state index < -0.39 is 5.41 Å². The van der Waals surface area contributed by atoms with Crippen molar-refractivity contribution in [3.63, 3.8) is 0 Å². The molecule has 1 spiro atoms. The van der Waals surface area contributed by atoms with Gasteiger partial charge in [0.2, 0.25) is 0 Å². The number of rotatable bonds is 4. The third kappa shape index (κ3) is 5.45. The lowest BCUT2D eigenvalue weighted by Crippen LogP contribution is -2.27. The van der Waals surface area contributed by atoms with Gasteiger partial charge in [0.15, 0.2) is 0 Å². The predicted octanol–water partition coefficient (Wildman–Crippen LogP) is 17.3. The minimum absolute atomic E-state index is 0.170. The monoisotopic (exact) mass is 894 g/mol. The van der Waals surface area contributed by atoms with Gasteiger partial charge in [-0.3, -0.25) is 0 Å². The zero-order valence-electron chi connectivity index (χ0n) is 39.5. The van der Waals surface area contributed by atoms with Crippen LogP contribution in [0.5, 0.6) is 0 Å². The lowest BCUT2D eigenvalue weighted by Gasteiger charge is -2.36. The van der Waals surface area contributed by atoms with Gasteiger partial charge in [-0.15, -0.1) is 0 Å². The van der Waals surface area contributed by atoms with Gasteiger partial charge in [0, 0.05) is 52.4 Å². The number of nitrogens with zero attached hydrogens (tertiary/aromatic N) is 2. The fourth-order valence-electron chi connectivity index (χ4n) is 13.6. The Kier molecular flexibility index (Phi) is 8.32. The largest absolute Gasteiger partial charge is 0.310 e. The van der Waals surface area contributed by atoms with Crippen LogP contribution in [-0.4, -0.2) is 0 Å². The molecule has 0 fully saturated rings. The summed E-state index contributed by atoms with van der Waals surface area (Å²) in [5, 5.41) is 0. The van der Waals surface area contributed by atoms with E-state index >= 15 is 0 Å². The van der Waals surface area contributed by atoms with Crippen molar-refractivity contribution < 1.29 is 0 Å². The lowest BCUT2D eigenvalue weighted by atomic mass is 9.68. The summed E-state index contributed by atoms with van der Waals surface area (Å²) in [5.74, 6) is 0. The summed E-state index contributed by atoms with van der Waals surface area (Å²) in [4.78, 5) is 4.98. The van der Waals surface area contributed by atoms with E-state index in [1.807, 2.05) is 0 Å². The normalized spacial score (nSPS) is 17.9. The maximum Gasteiger partial charge on any atom is 0.0723 e. The van der Waals surface area contributed by atoms with Crippen LogP contribution in [0.15, 0.2) is 212 Å². The molecular weight excluding hydrogens is 845 g/mol. The van der Waals surface area contributed by atoms with E-state index in [4.69, 9.17) is 0 Å². The molecule has 0 saturated carbocycles. The van der Waals surface area contributed by atoms with E-state index in [0.717, 1.165) is 25.7 Å². The van der Waals surface area contributed by atoms with Gasteiger partial charge in [-0.1, -0.05) is 178 Å². The van der Waals surface area contributed by atoms with E-state index in [0.29, 0.717) is 0 Å². The van der Waals surface area contributed by atoms with Gasteiger partial charge in [0.1, 0.15) is 0 Å². The molecular formula is C68H50N2. The molecule has 2 heterocycles. The molecule has 70 heavy (non-hydrogen) atoms. The Labute approximate surface area is 410 Å². The summed E-state index contributed by atoms with van der Waals surface area (Å²) >= 11 is 0. The van der Waals surface area contributed by atoms with Crippen molar-refractivity contribution in [1.82, 2.24) is 0 Å². The molecule has 6 aliphatic rings. The fraction of sp³-hybridized carbons (Fsp3) is 0.118. The molecule has 0 radical (unpaired) electrons. The van der Waals surface area contributed by atoms with Crippen LogP contribution in [0, 0.1) is 0 Å². The highest BCUT2D eigenvalue weighted by Gasteiger charge is 2.53. The molecule has 0 saturated heterocycles. The fourth-order valence-corrected chi connectivity index (χ4v) is 13.6. The van der Waals surface area contributed by atoms with Crippen molar-refractivity contribution in [2.45, 2.75) is 50.4 Å². The number of anilines is 6. The van der Waals surface area contributed by atoms with Crippen LogP contribution in [0.4, 0.5) is 34.1 Å². The van der Waals surface area contributed by atoms with Gasteiger partial charge in [-0.2, -0.15) is 0 Å². The summed E-state index contributed by atoms with van der Waals surface area (Å²) in [6.45, 7) is 4.81. The molecule has 2 aliphatic heterocycles. The molecule has 0 N–H and O–H groups in total. The standard InChI is InChI=1S/C68H50N2/c1-67(2)59-37-43(29-33-53(59)54-35-31-49(41-60(54)67)69-63-23-11-3-15-45(63)39-46-16-4-12-24-64(46)69)27-28-44-30-34-55-56-36-32-50(70-65-25-13-5-17-47(65)40-48-18-6-14-26-66(48)70)42-62(56)68(61(55)38-44)57-21-9-7-19-51(57)52-20-8-10-22-58(52)68/h3-7,9-19,21-38,41-42H,8,20,39-40H2,1-2H3/b28-27+. The second kappa shape index (κ2) is 14.7. The zero-order valence-corrected chi connectivity index (χ0v) is 39.5. The van der Waals surface area contributed by atoms with Gasteiger partial charge >= 0.3 is 0 Å². The van der Waals surface area contributed by atoms with Crippen molar-refractivity contribution in [1.29, 1.82) is 0 Å². The number of allylic oxidation sites excluding steroid dienone is 4. The average Bonchev–Trinajstić information content (AvgIpc) is 3.96. The lowest BCUT2D eigenvalue weighted by molar-refractivity contribution is 0.660. The molecule has 15 rings (SSSR count). The van der Waals surface area contributed by atoms with Crippen LogP contribution in [-0.2, 0) is 23.7 Å². The zero-order chi connectivity index (χ0) is 46.3. The third-order valence-electron chi connectivity index (χ3n) is 16.7. The number of fused-ring (bicyclic) bond motifs is 16. The Morgan fingerprint density at radius 3 is 1.39 bits per heavy atom. The van der Waals surface area contributed by atoms with Crippen molar-refractivity contribution in [2.75, 3.05) is 9.80 Å². The average molecular weight is 895 g/mol. The van der Waals surface area contributed by atoms with Gasteiger partial charge in [0.05, 0.1) is 5.41 Å². The SMILES string of the molecule is CC1(C)c2cc(/C=C/c3ccc4c(c3)C3(C5=C(CCC=C5)c5ccccc53)c3cc(N5c6ccccc6Cc6ccccc65)ccc3-4)ccc2-c2ccc(N3c4ccccc4Cc4ccccc43)cc21. The highest BCUT2D eigenvalue weighted by atomic mass is 15.2. The summed E-state index contributed by atoms with van der Waals surface area (Å²) in [7, 11) is 0. The second-order valence-electron chi connectivity index (χ2n) is 20.7. The Balaban J connectivity index is 0.822. The molecule has 0 amide bonds. The first-order valence-corrected chi connectivity index (χ1v) is 25.1. The van der Waals surface area contributed by atoms with Gasteiger partial charge < -0.3 is 9.80 Å². The summed E-state index contributed by atoms with van der Waals surface area (Å²) in [5.41, 5.74) is 31.4. The van der Waals surface area contributed by atoms with E-state index in [1.54, 1.807) is 0 Å². The van der Waals surface area contributed by atoms with E-state index in [-0.39, 0.29) is 5.41 Å². The summed E-state index contributed by atoms with van der Waals surface area (Å²) in [6.07, 6.45) is 13.6. The minimum Gasteiger partial charge on any atom is -0.310 e. The van der Waals surface area contributed by atoms with Gasteiger partial charge in [-0.25, -0.2) is 0 Å². The molecule has 9 aromatic carbocycles. The van der Waals surface area contributed by atoms with Crippen LogP contribution >= 0.6 is 0 Å². The third-order valence-corrected chi connectivity index (χ3v) is 16.7. The topological polar surface area (TPSA) is 6.48 Å². The molecule has 1 unspecified atom stereocenters. The van der Waals surface area contributed by atoms with Crippen molar-refractivity contribution in [2.24, 2.45) is 0 Å². The Morgan fingerprint density at radius 2 is 0.829 bits per heavy atom. The van der Waals surface area contributed by atoms with Crippen molar-refractivity contribution >= 4 is 51.8 Å². The van der Waals surface area contributed by atoms with E-state index in [9.17, 15) is 0 Å². The summed E-state index contributed by atoms with van der Waals surface area (Å²) in [6, 6.07) is 73.8. The molecule has 0 bridgehead atoms. The molecule has 0 aromatic heterocycles. The molecule has 2 heteroatoms. The van der Waals surface area contributed by atoms with Gasteiger partial charge in [0.25, 0.3) is 0 Å². The number of hydrogen-bond acceptors (Lipinski definition) is 2. The molecule has 2 nitrogen and oxygen atoms in total. The molecule has 4 aliphatic carbocycles. The van der Waals surface area contributed by atoms with E-state index in [2.05, 4.69) is 242 Å². The maximum atomic E-state index is 2.54. The highest BCUT2D eigenvalue weighted by Crippen LogP contribution is 2.64. The first-order valence-electron chi connectivity index (χ1n) is 25.1. The number of benzene rings is 9. The van der Waals surface area contributed by atoms with Crippen molar-refractivity contribution in [3.8, 4) is 22.3 Å².